The summed E-state index contributed by atoms with van der Waals surface area (Å²) in [7, 11) is 0. The monoisotopic (exact) mass is 153 g/mol. The molecule has 2 rings (SSSR count). The fourth-order valence-corrected chi connectivity index (χ4v) is 2.90. The Hall–Kier alpha value is -0.0400. The fourth-order valence-electron chi connectivity index (χ4n) is 2.90. The average Bonchev–Trinajstić information content (AvgIpc) is 2.41. The second-order valence-electron chi connectivity index (χ2n) is 4.44. The Bertz CT molecular complexity index is 142. The Labute approximate surface area is 69.8 Å². The molecule has 0 spiro atoms. The van der Waals surface area contributed by atoms with E-state index < -0.39 is 0 Å². The average molecular weight is 153 g/mol. The number of rotatable bonds is 1. The zero-order valence-electron chi connectivity index (χ0n) is 7.71. The molecule has 64 valence electrons. The van der Waals surface area contributed by atoms with E-state index in [0.717, 1.165) is 17.9 Å². The topological polar surface area (TPSA) is 3.24 Å². The molecular weight excluding hydrogens is 134 g/mol. The van der Waals surface area contributed by atoms with E-state index in [9.17, 15) is 0 Å². The van der Waals surface area contributed by atoms with Gasteiger partial charge in [0.05, 0.1) is 0 Å². The summed E-state index contributed by atoms with van der Waals surface area (Å²) in [4.78, 5) is 2.70. The summed E-state index contributed by atoms with van der Waals surface area (Å²) >= 11 is 0. The van der Waals surface area contributed by atoms with E-state index in [-0.39, 0.29) is 0 Å². The van der Waals surface area contributed by atoms with E-state index in [0.29, 0.717) is 0 Å². The van der Waals surface area contributed by atoms with E-state index in [2.05, 4.69) is 18.7 Å². The van der Waals surface area contributed by atoms with Crippen molar-refractivity contribution >= 4 is 0 Å². The minimum atomic E-state index is 0.906. The lowest BCUT2D eigenvalue weighted by molar-refractivity contribution is 0.255. The van der Waals surface area contributed by atoms with Crippen molar-refractivity contribution in [2.45, 2.75) is 39.2 Å². The molecule has 0 saturated carbocycles. The van der Waals surface area contributed by atoms with Gasteiger partial charge in [0.2, 0.25) is 0 Å². The minimum absolute atomic E-state index is 0.906. The largest absolute Gasteiger partial charge is 0.300 e. The molecule has 0 N–H and O–H groups in total. The Morgan fingerprint density at radius 1 is 1.18 bits per heavy atom. The van der Waals surface area contributed by atoms with Gasteiger partial charge in [0.15, 0.2) is 0 Å². The Kier molecular flexibility index (Phi) is 1.92. The highest BCUT2D eigenvalue weighted by molar-refractivity contribution is 4.92. The van der Waals surface area contributed by atoms with Crippen LogP contribution in [0.3, 0.4) is 0 Å². The molecule has 0 aromatic rings. The SMILES string of the molecule is CC(C)C1CCN2CCC[C@H]12. The molecule has 1 nitrogen and oxygen atoms in total. The predicted molar refractivity (Wildman–Crippen MR) is 47.5 cm³/mol. The van der Waals surface area contributed by atoms with Crippen molar-refractivity contribution in [3.63, 3.8) is 0 Å². The highest BCUT2D eigenvalue weighted by Gasteiger charge is 2.37. The maximum Gasteiger partial charge on any atom is 0.0127 e. The molecular formula is C10H19N. The van der Waals surface area contributed by atoms with Crippen molar-refractivity contribution in [3.8, 4) is 0 Å². The summed E-state index contributed by atoms with van der Waals surface area (Å²) in [5.41, 5.74) is 0. The van der Waals surface area contributed by atoms with Crippen LogP contribution >= 0.6 is 0 Å². The zero-order valence-corrected chi connectivity index (χ0v) is 7.71. The van der Waals surface area contributed by atoms with Crippen LogP contribution in [0.5, 0.6) is 0 Å². The van der Waals surface area contributed by atoms with Gasteiger partial charge >= 0.3 is 0 Å². The van der Waals surface area contributed by atoms with Crippen LogP contribution in [-0.4, -0.2) is 24.0 Å². The number of hydrogen-bond acceptors (Lipinski definition) is 1. The second kappa shape index (κ2) is 2.78. The smallest absolute Gasteiger partial charge is 0.0127 e. The normalized spacial score (nSPS) is 38.5. The Morgan fingerprint density at radius 2 is 2.00 bits per heavy atom. The van der Waals surface area contributed by atoms with E-state index in [1.54, 1.807) is 0 Å². The maximum atomic E-state index is 2.70. The minimum Gasteiger partial charge on any atom is -0.300 e. The van der Waals surface area contributed by atoms with E-state index in [1.807, 2.05) is 0 Å². The number of nitrogens with zero attached hydrogens (tertiary/aromatic N) is 1. The van der Waals surface area contributed by atoms with Crippen LogP contribution in [0.25, 0.3) is 0 Å². The number of hydrogen-bond donors (Lipinski definition) is 0. The lowest BCUT2D eigenvalue weighted by Gasteiger charge is -2.22. The van der Waals surface area contributed by atoms with Gasteiger partial charge in [-0.3, -0.25) is 0 Å². The lowest BCUT2D eigenvalue weighted by atomic mass is 9.88. The van der Waals surface area contributed by atoms with Gasteiger partial charge in [-0.05, 0) is 44.2 Å². The third kappa shape index (κ3) is 1.20. The van der Waals surface area contributed by atoms with Crippen LogP contribution in [0.2, 0.25) is 0 Å². The van der Waals surface area contributed by atoms with Crippen molar-refractivity contribution in [1.82, 2.24) is 4.90 Å². The van der Waals surface area contributed by atoms with E-state index in [1.165, 1.54) is 32.4 Å². The van der Waals surface area contributed by atoms with Crippen LogP contribution in [0.1, 0.15) is 33.1 Å². The molecule has 1 heteroatoms. The molecule has 0 bridgehead atoms. The summed E-state index contributed by atoms with van der Waals surface area (Å²) in [5.74, 6) is 1.92. The lowest BCUT2D eigenvalue weighted by Crippen LogP contribution is -2.28. The maximum absolute atomic E-state index is 2.70. The Morgan fingerprint density at radius 3 is 2.73 bits per heavy atom. The van der Waals surface area contributed by atoms with Gasteiger partial charge in [-0.2, -0.15) is 0 Å². The van der Waals surface area contributed by atoms with Gasteiger partial charge in [-0.25, -0.2) is 0 Å². The molecule has 0 radical (unpaired) electrons. The molecule has 2 saturated heterocycles. The van der Waals surface area contributed by atoms with Crippen molar-refractivity contribution in [3.05, 3.63) is 0 Å². The molecule has 0 aromatic carbocycles. The predicted octanol–water partition coefficient (Wildman–Crippen LogP) is 2.13. The molecule has 2 fully saturated rings. The van der Waals surface area contributed by atoms with Crippen LogP contribution < -0.4 is 0 Å². The summed E-state index contributed by atoms with van der Waals surface area (Å²) in [6.07, 6.45) is 4.39. The second-order valence-corrected chi connectivity index (χ2v) is 4.44. The van der Waals surface area contributed by atoms with Gasteiger partial charge in [-0.15, -0.1) is 0 Å². The number of fused-ring (bicyclic) bond motifs is 1. The molecule has 0 aliphatic carbocycles. The first kappa shape index (κ1) is 7.60. The van der Waals surface area contributed by atoms with Crippen molar-refractivity contribution < 1.29 is 0 Å². The molecule has 0 amide bonds. The Balaban J connectivity index is 2.03. The molecule has 11 heavy (non-hydrogen) atoms. The standard InChI is InChI=1S/C10H19N/c1-8(2)9-5-7-11-6-3-4-10(9)11/h8-10H,3-7H2,1-2H3/t9?,10-/m1/s1. The first-order chi connectivity index (χ1) is 5.29. The molecule has 1 unspecified atom stereocenters. The summed E-state index contributed by atoms with van der Waals surface area (Å²) in [6.45, 7) is 7.53. The van der Waals surface area contributed by atoms with Gasteiger partial charge in [0, 0.05) is 6.04 Å². The first-order valence-corrected chi connectivity index (χ1v) is 5.03. The van der Waals surface area contributed by atoms with Crippen molar-refractivity contribution in [1.29, 1.82) is 0 Å². The molecule has 2 heterocycles. The quantitative estimate of drug-likeness (QED) is 0.558. The molecule has 0 aromatic heterocycles. The molecule has 2 atom stereocenters. The highest BCUT2D eigenvalue weighted by Crippen LogP contribution is 2.36. The third-order valence-corrected chi connectivity index (χ3v) is 3.51. The van der Waals surface area contributed by atoms with Crippen LogP contribution in [0.4, 0.5) is 0 Å². The van der Waals surface area contributed by atoms with Crippen molar-refractivity contribution in [2.24, 2.45) is 11.8 Å². The molecule has 2 aliphatic heterocycles. The van der Waals surface area contributed by atoms with Crippen molar-refractivity contribution in [2.75, 3.05) is 13.1 Å². The summed E-state index contributed by atoms with van der Waals surface area (Å²) in [6, 6.07) is 0.968. The summed E-state index contributed by atoms with van der Waals surface area (Å²) < 4.78 is 0. The van der Waals surface area contributed by atoms with Gasteiger partial charge < -0.3 is 4.90 Å². The summed E-state index contributed by atoms with van der Waals surface area (Å²) in [5, 5.41) is 0. The van der Waals surface area contributed by atoms with Crippen LogP contribution in [0, 0.1) is 11.8 Å². The highest BCUT2D eigenvalue weighted by atomic mass is 15.2. The van der Waals surface area contributed by atoms with E-state index >= 15 is 0 Å². The van der Waals surface area contributed by atoms with Gasteiger partial charge in [0.1, 0.15) is 0 Å². The van der Waals surface area contributed by atoms with E-state index in [4.69, 9.17) is 0 Å². The van der Waals surface area contributed by atoms with Gasteiger partial charge in [0.25, 0.3) is 0 Å². The molecule has 2 aliphatic rings. The van der Waals surface area contributed by atoms with Crippen LogP contribution in [0.15, 0.2) is 0 Å². The first-order valence-electron chi connectivity index (χ1n) is 5.03. The third-order valence-electron chi connectivity index (χ3n) is 3.51. The van der Waals surface area contributed by atoms with Crippen LogP contribution in [-0.2, 0) is 0 Å². The fraction of sp³-hybridized carbons (Fsp3) is 1.00. The zero-order chi connectivity index (χ0) is 7.84. The van der Waals surface area contributed by atoms with Gasteiger partial charge in [-0.1, -0.05) is 13.8 Å².